The number of amides is 1. The molecule has 0 spiro atoms. The Morgan fingerprint density at radius 2 is 2.39 bits per heavy atom. The number of hydrogen-bond donors (Lipinski definition) is 2. The summed E-state index contributed by atoms with van der Waals surface area (Å²) >= 11 is 0. The minimum atomic E-state index is -0.253. The van der Waals surface area contributed by atoms with Crippen LogP contribution in [-0.2, 0) is 4.79 Å². The minimum absolute atomic E-state index is 0.000651. The molecule has 0 radical (unpaired) electrons. The van der Waals surface area contributed by atoms with Crippen molar-refractivity contribution >= 4 is 5.91 Å². The summed E-state index contributed by atoms with van der Waals surface area (Å²) in [5, 5.41) is 6.57. The van der Waals surface area contributed by atoms with Gasteiger partial charge in [0.2, 0.25) is 11.8 Å². The van der Waals surface area contributed by atoms with Crippen molar-refractivity contribution in [2.45, 2.75) is 51.6 Å². The maximum atomic E-state index is 11.9. The third-order valence-corrected chi connectivity index (χ3v) is 3.46. The van der Waals surface area contributed by atoms with Gasteiger partial charge < -0.3 is 15.6 Å². The summed E-state index contributed by atoms with van der Waals surface area (Å²) in [6.45, 7) is 3.58. The molecule has 0 saturated heterocycles. The van der Waals surface area contributed by atoms with Gasteiger partial charge in [-0.05, 0) is 32.6 Å². The van der Waals surface area contributed by atoms with Gasteiger partial charge in [-0.15, -0.1) is 0 Å². The van der Waals surface area contributed by atoms with E-state index in [9.17, 15) is 4.79 Å². The summed E-state index contributed by atoms with van der Waals surface area (Å²) in [7, 11) is 0. The molecule has 1 unspecified atom stereocenters. The molecular weight excluding hydrogens is 232 g/mol. The van der Waals surface area contributed by atoms with Gasteiger partial charge in [-0.3, -0.25) is 4.79 Å². The highest BCUT2D eigenvalue weighted by Crippen LogP contribution is 2.26. The van der Waals surface area contributed by atoms with Crippen LogP contribution >= 0.6 is 0 Å². The second kappa shape index (κ2) is 5.48. The second-order valence-corrected chi connectivity index (χ2v) is 5.03. The molecule has 6 heteroatoms. The van der Waals surface area contributed by atoms with Gasteiger partial charge in [-0.25, -0.2) is 0 Å². The topological polar surface area (TPSA) is 94.0 Å². The molecular formula is C12H20N4O2. The summed E-state index contributed by atoms with van der Waals surface area (Å²) in [5.41, 5.74) is 5.95. The Morgan fingerprint density at radius 1 is 1.61 bits per heavy atom. The number of aryl methyl sites for hydroxylation is 1. The Kier molecular flexibility index (Phi) is 3.96. The van der Waals surface area contributed by atoms with Gasteiger partial charge >= 0.3 is 0 Å². The smallest absolute Gasteiger partial charge is 0.248 e. The Labute approximate surface area is 106 Å². The highest BCUT2D eigenvalue weighted by Gasteiger charge is 2.27. The molecule has 1 aromatic heterocycles. The monoisotopic (exact) mass is 252 g/mol. The predicted molar refractivity (Wildman–Crippen MR) is 65.5 cm³/mol. The van der Waals surface area contributed by atoms with Crippen molar-refractivity contribution in [1.82, 2.24) is 15.5 Å². The largest absolute Gasteiger partial charge is 0.345 e. The first-order valence-electron chi connectivity index (χ1n) is 6.41. The molecule has 0 aliphatic heterocycles. The molecule has 0 aromatic carbocycles. The van der Waals surface area contributed by atoms with E-state index in [0.717, 1.165) is 19.3 Å². The fraction of sp³-hybridized carbons (Fsp3) is 0.750. The van der Waals surface area contributed by atoms with Gasteiger partial charge in [0, 0.05) is 12.5 Å². The molecule has 0 bridgehead atoms. The Bertz CT molecular complexity index is 418. The average Bonchev–Trinajstić information content (AvgIpc) is 2.89. The normalized spacial score (nSPS) is 25.1. The summed E-state index contributed by atoms with van der Waals surface area (Å²) in [5.74, 6) is 1.32. The lowest BCUT2D eigenvalue weighted by atomic mass is 10.00. The first-order valence-corrected chi connectivity index (χ1v) is 6.41. The van der Waals surface area contributed by atoms with Crippen molar-refractivity contribution in [2.75, 3.05) is 0 Å². The van der Waals surface area contributed by atoms with Crippen molar-refractivity contribution in [3.63, 3.8) is 0 Å². The molecule has 1 amide bonds. The number of nitrogens with zero attached hydrogens (tertiary/aromatic N) is 2. The van der Waals surface area contributed by atoms with Gasteiger partial charge in [0.15, 0.2) is 5.82 Å². The summed E-state index contributed by atoms with van der Waals surface area (Å²) in [4.78, 5) is 16.0. The molecule has 1 aliphatic rings. The standard InChI is InChI=1S/C12H20N4O2/c1-7(12-15-8(2)16-18-12)14-11(17)6-9-4-3-5-10(9)13/h7,9-10H,3-6,13H2,1-2H3,(H,14,17)/t7?,9-,10+/m0/s1. The summed E-state index contributed by atoms with van der Waals surface area (Å²) in [6, 6.07) is -0.0898. The number of nitrogens with two attached hydrogens (primary N) is 1. The zero-order chi connectivity index (χ0) is 13.1. The first kappa shape index (κ1) is 13.0. The van der Waals surface area contributed by atoms with E-state index in [1.54, 1.807) is 6.92 Å². The van der Waals surface area contributed by atoms with Crippen LogP contribution in [0.25, 0.3) is 0 Å². The summed E-state index contributed by atoms with van der Waals surface area (Å²) < 4.78 is 5.02. The number of carbonyl (C=O) groups excluding carboxylic acids is 1. The van der Waals surface area contributed by atoms with Crippen molar-refractivity contribution < 1.29 is 9.32 Å². The second-order valence-electron chi connectivity index (χ2n) is 5.03. The molecule has 18 heavy (non-hydrogen) atoms. The third kappa shape index (κ3) is 3.07. The zero-order valence-electron chi connectivity index (χ0n) is 10.8. The van der Waals surface area contributed by atoms with Crippen LogP contribution in [0.2, 0.25) is 0 Å². The molecule has 1 aromatic rings. The number of rotatable bonds is 4. The molecule has 100 valence electrons. The van der Waals surface area contributed by atoms with Crippen LogP contribution < -0.4 is 11.1 Å². The third-order valence-electron chi connectivity index (χ3n) is 3.46. The molecule has 3 N–H and O–H groups in total. The lowest BCUT2D eigenvalue weighted by Crippen LogP contribution is -2.33. The van der Waals surface area contributed by atoms with E-state index < -0.39 is 0 Å². The van der Waals surface area contributed by atoms with Crippen molar-refractivity contribution in [3.8, 4) is 0 Å². The van der Waals surface area contributed by atoms with Gasteiger partial charge in [-0.2, -0.15) is 4.98 Å². The fourth-order valence-electron chi connectivity index (χ4n) is 2.41. The Balaban J connectivity index is 1.83. The molecule has 1 aliphatic carbocycles. The van der Waals surface area contributed by atoms with Crippen LogP contribution in [-0.4, -0.2) is 22.1 Å². The maximum Gasteiger partial charge on any atom is 0.248 e. The van der Waals surface area contributed by atoms with Crippen LogP contribution in [0.4, 0.5) is 0 Å². The first-order chi connectivity index (χ1) is 8.56. The van der Waals surface area contributed by atoms with E-state index in [2.05, 4.69) is 15.5 Å². The number of hydrogen-bond acceptors (Lipinski definition) is 5. The Morgan fingerprint density at radius 3 is 2.94 bits per heavy atom. The Hall–Kier alpha value is -1.43. The lowest BCUT2D eigenvalue weighted by Gasteiger charge is -2.16. The van der Waals surface area contributed by atoms with E-state index in [-0.39, 0.29) is 18.0 Å². The van der Waals surface area contributed by atoms with Crippen molar-refractivity contribution in [2.24, 2.45) is 11.7 Å². The number of carbonyl (C=O) groups is 1. The maximum absolute atomic E-state index is 11.9. The van der Waals surface area contributed by atoms with Gasteiger partial charge in [-0.1, -0.05) is 11.6 Å². The zero-order valence-corrected chi connectivity index (χ0v) is 10.8. The fourth-order valence-corrected chi connectivity index (χ4v) is 2.41. The SMILES string of the molecule is Cc1noc(C(C)NC(=O)C[C@@H]2CCC[C@H]2N)n1. The van der Waals surface area contributed by atoms with Crippen LogP contribution in [0.3, 0.4) is 0 Å². The van der Waals surface area contributed by atoms with E-state index >= 15 is 0 Å². The van der Waals surface area contributed by atoms with Crippen LogP contribution in [0.15, 0.2) is 4.52 Å². The van der Waals surface area contributed by atoms with E-state index in [1.165, 1.54) is 0 Å². The van der Waals surface area contributed by atoms with Gasteiger partial charge in [0.25, 0.3) is 0 Å². The number of aromatic nitrogens is 2. The highest BCUT2D eigenvalue weighted by atomic mass is 16.5. The van der Waals surface area contributed by atoms with Crippen molar-refractivity contribution in [3.05, 3.63) is 11.7 Å². The highest BCUT2D eigenvalue weighted by molar-refractivity contribution is 5.76. The van der Waals surface area contributed by atoms with Gasteiger partial charge in [0.05, 0.1) is 0 Å². The minimum Gasteiger partial charge on any atom is -0.345 e. The van der Waals surface area contributed by atoms with E-state index in [1.807, 2.05) is 6.92 Å². The lowest BCUT2D eigenvalue weighted by molar-refractivity contribution is -0.122. The molecule has 3 atom stereocenters. The van der Waals surface area contributed by atoms with Crippen LogP contribution in [0.5, 0.6) is 0 Å². The molecule has 6 nitrogen and oxygen atoms in total. The van der Waals surface area contributed by atoms with E-state index in [0.29, 0.717) is 24.1 Å². The number of nitrogens with one attached hydrogen (secondary N) is 1. The van der Waals surface area contributed by atoms with Gasteiger partial charge in [0.1, 0.15) is 6.04 Å². The molecule has 1 heterocycles. The predicted octanol–water partition coefficient (Wildman–Crippen LogP) is 1.07. The average molecular weight is 252 g/mol. The van der Waals surface area contributed by atoms with Crippen LogP contribution in [0.1, 0.15) is 50.4 Å². The molecule has 1 fully saturated rings. The molecule has 1 saturated carbocycles. The quantitative estimate of drug-likeness (QED) is 0.836. The summed E-state index contributed by atoms with van der Waals surface area (Å²) in [6.07, 6.45) is 3.68. The van der Waals surface area contributed by atoms with E-state index in [4.69, 9.17) is 10.3 Å². The molecule has 2 rings (SSSR count). The van der Waals surface area contributed by atoms with Crippen LogP contribution in [0, 0.1) is 12.8 Å². The van der Waals surface area contributed by atoms with Crippen molar-refractivity contribution in [1.29, 1.82) is 0 Å².